The number of hydrogen-bond acceptors (Lipinski definition) is 5. The minimum Gasteiger partial charge on any atom is -0.354 e. The summed E-state index contributed by atoms with van der Waals surface area (Å²) in [4.78, 5) is 24.6. The van der Waals surface area contributed by atoms with Crippen LogP contribution >= 0.6 is 11.3 Å². The van der Waals surface area contributed by atoms with Crippen LogP contribution in [0.1, 0.15) is 32.1 Å². The zero-order valence-electron chi connectivity index (χ0n) is 13.9. The lowest BCUT2D eigenvalue weighted by Gasteiger charge is -2.31. The van der Waals surface area contributed by atoms with Crippen LogP contribution < -0.4 is 10.6 Å². The highest BCUT2D eigenvalue weighted by molar-refractivity contribution is 7.91. The van der Waals surface area contributed by atoms with E-state index in [-0.39, 0.29) is 18.4 Å². The number of amides is 2. The molecule has 9 heteroatoms. The van der Waals surface area contributed by atoms with E-state index < -0.39 is 22.0 Å². The molecular weight excluding hydrogens is 362 g/mol. The van der Waals surface area contributed by atoms with E-state index in [0.29, 0.717) is 36.6 Å². The minimum atomic E-state index is -3.54. The molecule has 1 aromatic heterocycles. The van der Waals surface area contributed by atoms with Gasteiger partial charge in [-0.05, 0) is 43.6 Å². The van der Waals surface area contributed by atoms with Crippen LogP contribution in [0.3, 0.4) is 0 Å². The average Bonchev–Trinajstić information content (AvgIpc) is 3.08. The van der Waals surface area contributed by atoms with E-state index in [1.54, 1.807) is 17.5 Å². The number of thiophene rings is 1. The van der Waals surface area contributed by atoms with Crippen molar-refractivity contribution in [3.63, 3.8) is 0 Å². The van der Waals surface area contributed by atoms with Gasteiger partial charge in [-0.1, -0.05) is 6.07 Å². The maximum atomic E-state index is 12.6. The normalized spacial score (nSPS) is 25.8. The first kappa shape index (κ1) is 18.3. The lowest BCUT2D eigenvalue weighted by atomic mass is 9.98. The first-order chi connectivity index (χ1) is 12.0. The number of sulfonamides is 1. The summed E-state index contributed by atoms with van der Waals surface area (Å²) in [5.41, 5.74) is 0. The summed E-state index contributed by atoms with van der Waals surface area (Å²) >= 11 is 1.18. The van der Waals surface area contributed by atoms with Crippen LogP contribution in [0, 0.1) is 5.92 Å². The molecule has 2 aliphatic rings. The van der Waals surface area contributed by atoms with Gasteiger partial charge in [-0.2, -0.15) is 4.31 Å². The molecule has 2 saturated heterocycles. The van der Waals surface area contributed by atoms with Crippen LogP contribution in [0.5, 0.6) is 0 Å². The minimum absolute atomic E-state index is 0.148. The van der Waals surface area contributed by atoms with Crippen molar-refractivity contribution in [1.82, 2.24) is 14.9 Å². The number of carbonyl (C=O) groups is 2. The number of hydrogen-bond donors (Lipinski definition) is 2. The summed E-state index contributed by atoms with van der Waals surface area (Å²) in [5, 5.41) is 7.34. The molecule has 0 saturated carbocycles. The Bertz CT molecular complexity index is 718. The Morgan fingerprint density at radius 2 is 2.12 bits per heavy atom. The Morgan fingerprint density at radius 3 is 2.88 bits per heavy atom. The van der Waals surface area contributed by atoms with Crippen molar-refractivity contribution in [2.24, 2.45) is 5.92 Å². The molecule has 0 bridgehead atoms. The Morgan fingerprint density at radius 1 is 1.28 bits per heavy atom. The Kier molecular flexibility index (Phi) is 5.75. The molecule has 7 nitrogen and oxygen atoms in total. The van der Waals surface area contributed by atoms with Gasteiger partial charge in [0.1, 0.15) is 10.3 Å². The average molecular weight is 386 g/mol. The fourth-order valence-corrected chi connectivity index (χ4v) is 5.95. The van der Waals surface area contributed by atoms with Crippen molar-refractivity contribution in [2.45, 2.75) is 42.4 Å². The summed E-state index contributed by atoms with van der Waals surface area (Å²) in [6.07, 6.45) is 3.69. The van der Waals surface area contributed by atoms with Crippen molar-refractivity contribution in [1.29, 1.82) is 0 Å². The maximum Gasteiger partial charge on any atom is 0.252 e. The smallest absolute Gasteiger partial charge is 0.252 e. The first-order valence-electron chi connectivity index (χ1n) is 8.60. The quantitative estimate of drug-likeness (QED) is 0.806. The SMILES string of the molecule is O=C(N[C@H]1CCCCNC1=O)[C@@H]1CCCN(S(=O)(=O)c2cccs2)C1. The molecule has 138 valence electrons. The van der Waals surface area contributed by atoms with Gasteiger partial charge >= 0.3 is 0 Å². The van der Waals surface area contributed by atoms with Gasteiger partial charge in [-0.25, -0.2) is 8.42 Å². The number of piperidine rings is 1. The van der Waals surface area contributed by atoms with Crippen LogP contribution in [0.2, 0.25) is 0 Å². The standard InChI is InChI=1S/C16H23N3O4S2/c20-15(18-13-6-1-2-8-17-16(13)21)12-5-3-9-19(11-12)25(22,23)14-7-4-10-24-14/h4,7,10,12-13H,1-3,5-6,8-9,11H2,(H,17,21)(H,18,20)/t12-,13+/m1/s1. The largest absolute Gasteiger partial charge is 0.354 e. The Labute approximate surface area is 151 Å². The van der Waals surface area contributed by atoms with Gasteiger partial charge in [-0.15, -0.1) is 11.3 Å². The Hall–Kier alpha value is -1.45. The third-order valence-corrected chi connectivity index (χ3v) is 7.93. The molecule has 1 aromatic rings. The molecule has 0 aliphatic carbocycles. The molecule has 2 aliphatic heterocycles. The number of nitrogens with zero attached hydrogens (tertiary/aromatic N) is 1. The molecule has 2 atom stereocenters. The van der Waals surface area contributed by atoms with E-state index in [1.807, 2.05) is 0 Å². The zero-order valence-corrected chi connectivity index (χ0v) is 15.6. The highest BCUT2D eigenvalue weighted by Gasteiger charge is 2.35. The fourth-order valence-electron chi connectivity index (χ4n) is 3.28. The molecular formula is C16H23N3O4S2. The van der Waals surface area contributed by atoms with Crippen LogP contribution in [0.25, 0.3) is 0 Å². The van der Waals surface area contributed by atoms with Crippen LogP contribution in [0.15, 0.2) is 21.7 Å². The van der Waals surface area contributed by atoms with Crippen molar-refractivity contribution in [3.8, 4) is 0 Å². The van der Waals surface area contributed by atoms with E-state index in [9.17, 15) is 18.0 Å². The number of carbonyl (C=O) groups excluding carboxylic acids is 2. The second kappa shape index (κ2) is 7.84. The molecule has 3 heterocycles. The third-order valence-electron chi connectivity index (χ3n) is 4.70. The van der Waals surface area contributed by atoms with Gasteiger partial charge in [0.05, 0.1) is 5.92 Å². The zero-order chi connectivity index (χ0) is 17.9. The van der Waals surface area contributed by atoms with Gasteiger partial charge in [0.2, 0.25) is 11.8 Å². The maximum absolute atomic E-state index is 12.6. The van der Waals surface area contributed by atoms with Gasteiger partial charge in [-0.3, -0.25) is 9.59 Å². The van der Waals surface area contributed by atoms with Gasteiger partial charge in [0, 0.05) is 19.6 Å². The second-order valence-electron chi connectivity index (χ2n) is 6.48. The predicted octanol–water partition coefficient (Wildman–Crippen LogP) is 0.934. The topological polar surface area (TPSA) is 95.6 Å². The van der Waals surface area contributed by atoms with Gasteiger partial charge in [0.25, 0.3) is 10.0 Å². The lowest BCUT2D eigenvalue weighted by molar-refractivity contribution is -0.131. The van der Waals surface area contributed by atoms with Crippen LogP contribution in [-0.4, -0.2) is 50.2 Å². The number of rotatable bonds is 4. The first-order valence-corrected chi connectivity index (χ1v) is 10.9. The lowest BCUT2D eigenvalue weighted by Crippen LogP contribution is -2.51. The van der Waals surface area contributed by atoms with Crippen molar-refractivity contribution < 1.29 is 18.0 Å². The van der Waals surface area contributed by atoms with E-state index >= 15 is 0 Å². The van der Waals surface area contributed by atoms with Crippen LogP contribution in [-0.2, 0) is 19.6 Å². The van der Waals surface area contributed by atoms with Gasteiger partial charge in [0.15, 0.2) is 0 Å². The van der Waals surface area contributed by atoms with E-state index in [4.69, 9.17) is 0 Å². The third kappa shape index (κ3) is 4.21. The van der Waals surface area contributed by atoms with Crippen LogP contribution in [0.4, 0.5) is 0 Å². The summed E-state index contributed by atoms with van der Waals surface area (Å²) in [6.45, 7) is 1.23. The van der Waals surface area contributed by atoms with Crippen molar-refractivity contribution in [3.05, 3.63) is 17.5 Å². The van der Waals surface area contributed by atoms with E-state index in [0.717, 1.165) is 12.8 Å². The second-order valence-corrected chi connectivity index (χ2v) is 9.59. The van der Waals surface area contributed by atoms with Crippen molar-refractivity contribution in [2.75, 3.05) is 19.6 Å². The fraction of sp³-hybridized carbons (Fsp3) is 0.625. The highest BCUT2D eigenvalue weighted by Crippen LogP contribution is 2.26. The van der Waals surface area contributed by atoms with E-state index in [1.165, 1.54) is 15.6 Å². The molecule has 0 aromatic carbocycles. The van der Waals surface area contributed by atoms with Crippen molar-refractivity contribution >= 4 is 33.2 Å². The molecule has 3 rings (SSSR count). The highest BCUT2D eigenvalue weighted by atomic mass is 32.2. The number of nitrogens with one attached hydrogen (secondary N) is 2. The molecule has 25 heavy (non-hydrogen) atoms. The van der Waals surface area contributed by atoms with Gasteiger partial charge < -0.3 is 10.6 Å². The van der Waals surface area contributed by atoms with E-state index in [2.05, 4.69) is 10.6 Å². The molecule has 2 amide bonds. The Balaban J connectivity index is 1.64. The molecule has 2 N–H and O–H groups in total. The summed E-state index contributed by atoms with van der Waals surface area (Å²) < 4.78 is 27.0. The summed E-state index contributed by atoms with van der Waals surface area (Å²) in [7, 11) is -3.54. The molecule has 0 radical (unpaired) electrons. The predicted molar refractivity (Wildman–Crippen MR) is 94.6 cm³/mol. The molecule has 0 unspecified atom stereocenters. The monoisotopic (exact) mass is 385 g/mol. The molecule has 2 fully saturated rings. The summed E-state index contributed by atoms with van der Waals surface area (Å²) in [6, 6.07) is 2.77. The molecule has 0 spiro atoms. The summed E-state index contributed by atoms with van der Waals surface area (Å²) in [5.74, 6) is -0.794.